The van der Waals surface area contributed by atoms with E-state index in [0.29, 0.717) is 17.9 Å². The number of nitriles is 1. The Kier molecular flexibility index (Phi) is 5.65. The molecule has 2 N–H and O–H groups in total. The summed E-state index contributed by atoms with van der Waals surface area (Å²) >= 11 is 1.79. The maximum absolute atomic E-state index is 10.6. The van der Waals surface area contributed by atoms with Crippen molar-refractivity contribution in [2.75, 3.05) is 17.6 Å². The monoisotopic (exact) mass is 320 g/mol. The number of hydrogen-bond acceptors (Lipinski definition) is 6. The molecule has 2 unspecified atom stereocenters. The number of nitrogens with zero attached hydrogens (tertiary/aromatic N) is 3. The Morgan fingerprint density at radius 2 is 2.14 bits per heavy atom. The summed E-state index contributed by atoms with van der Waals surface area (Å²) in [5.41, 5.74) is 1.70. The number of anilines is 1. The van der Waals surface area contributed by atoms with E-state index in [1.165, 1.54) is 0 Å². The smallest absolute Gasteiger partial charge is 0.167 e. The Morgan fingerprint density at radius 3 is 2.64 bits per heavy atom. The predicted molar refractivity (Wildman–Crippen MR) is 90.1 cm³/mol. The van der Waals surface area contributed by atoms with Crippen molar-refractivity contribution in [2.24, 2.45) is 0 Å². The number of hydrogen-bond donors (Lipinski definition) is 2. The Hall–Kier alpha value is -1.32. The molecule has 0 aliphatic heterocycles. The average molecular weight is 320 g/mol. The summed E-state index contributed by atoms with van der Waals surface area (Å²) in [4.78, 5) is 0. The summed E-state index contributed by atoms with van der Waals surface area (Å²) in [5.74, 6) is 1.50. The van der Waals surface area contributed by atoms with E-state index in [1.807, 2.05) is 13.8 Å². The van der Waals surface area contributed by atoms with Crippen LogP contribution in [0.3, 0.4) is 0 Å². The minimum atomic E-state index is -0.703. The Balaban J connectivity index is 2.15. The molecule has 2 atom stereocenters. The van der Waals surface area contributed by atoms with Crippen LogP contribution in [0.2, 0.25) is 0 Å². The number of thioether (sulfide) groups is 1. The summed E-state index contributed by atoms with van der Waals surface area (Å²) in [6, 6.07) is 2.25. The third kappa shape index (κ3) is 3.21. The lowest BCUT2D eigenvalue weighted by Crippen LogP contribution is -2.54. The Labute approximate surface area is 136 Å². The topological polar surface area (TPSA) is 81.8 Å². The second-order valence-corrected chi connectivity index (χ2v) is 7.09. The third-order valence-corrected chi connectivity index (χ3v) is 5.74. The van der Waals surface area contributed by atoms with Gasteiger partial charge in [-0.3, -0.25) is 0 Å². The van der Waals surface area contributed by atoms with Crippen LogP contribution in [0.1, 0.15) is 50.4 Å². The zero-order valence-corrected chi connectivity index (χ0v) is 14.3. The van der Waals surface area contributed by atoms with E-state index < -0.39 is 5.60 Å². The largest absolute Gasteiger partial charge is 0.387 e. The minimum absolute atomic E-state index is 0.268. The third-order valence-electron chi connectivity index (χ3n) is 4.33. The highest BCUT2D eigenvalue weighted by Crippen LogP contribution is 2.41. The van der Waals surface area contributed by atoms with Gasteiger partial charge in [0.1, 0.15) is 11.6 Å². The summed E-state index contributed by atoms with van der Waals surface area (Å²) in [7, 11) is 0. The van der Waals surface area contributed by atoms with Crippen molar-refractivity contribution in [3.63, 3.8) is 0 Å². The van der Waals surface area contributed by atoms with Crippen LogP contribution in [0.15, 0.2) is 0 Å². The highest BCUT2D eigenvalue weighted by Gasteiger charge is 2.45. The fraction of sp³-hybridized carbons (Fsp3) is 0.688. The van der Waals surface area contributed by atoms with Crippen molar-refractivity contribution in [3.8, 4) is 6.07 Å². The Bertz CT molecular complexity index is 572. The van der Waals surface area contributed by atoms with Gasteiger partial charge in [-0.15, -0.1) is 5.10 Å². The van der Waals surface area contributed by atoms with Gasteiger partial charge in [0.25, 0.3) is 0 Å². The van der Waals surface area contributed by atoms with Gasteiger partial charge in [0.05, 0.1) is 11.3 Å². The Morgan fingerprint density at radius 1 is 1.36 bits per heavy atom. The lowest BCUT2D eigenvalue weighted by molar-refractivity contribution is -0.0120. The van der Waals surface area contributed by atoms with Crippen molar-refractivity contribution in [2.45, 2.75) is 57.3 Å². The predicted octanol–water partition coefficient (Wildman–Crippen LogP) is 2.53. The van der Waals surface area contributed by atoms with Crippen LogP contribution in [0, 0.1) is 11.3 Å². The molecule has 0 saturated heterocycles. The van der Waals surface area contributed by atoms with Crippen LogP contribution in [0.4, 0.5) is 5.82 Å². The van der Waals surface area contributed by atoms with Crippen molar-refractivity contribution < 1.29 is 5.11 Å². The SMILES string of the molecule is CCSC1CCC1(O)CNc1nnc(CC)c(CC)c1C#N. The molecule has 1 fully saturated rings. The standard InChI is InChI=1S/C16H24N4OS/c1-4-11-12(9-17)15(20-19-13(11)5-2)18-10-16(21)8-7-14(16)22-6-3/h14,21H,4-8,10H2,1-3H3,(H,18,20). The van der Waals surface area contributed by atoms with Crippen LogP contribution in [0.25, 0.3) is 0 Å². The molecule has 1 aliphatic rings. The molecular weight excluding hydrogens is 296 g/mol. The molecule has 0 radical (unpaired) electrons. The molecule has 120 valence electrons. The first-order chi connectivity index (χ1) is 10.6. The van der Waals surface area contributed by atoms with E-state index >= 15 is 0 Å². The van der Waals surface area contributed by atoms with Gasteiger partial charge in [0.2, 0.25) is 0 Å². The van der Waals surface area contributed by atoms with Gasteiger partial charge < -0.3 is 10.4 Å². The molecular formula is C16H24N4OS. The van der Waals surface area contributed by atoms with Crippen molar-refractivity contribution in [1.29, 1.82) is 5.26 Å². The molecule has 1 saturated carbocycles. The molecule has 0 bridgehead atoms. The van der Waals surface area contributed by atoms with Gasteiger partial charge in [-0.2, -0.15) is 22.1 Å². The molecule has 0 spiro atoms. The quantitative estimate of drug-likeness (QED) is 0.803. The van der Waals surface area contributed by atoms with Crippen molar-refractivity contribution in [3.05, 3.63) is 16.8 Å². The van der Waals surface area contributed by atoms with Crippen LogP contribution in [-0.2, 0) is 12.8 Å². The lowest BCUT2D eigenvalue weighted by Gasteiger charge is -2.45. The van der Waals surface area contributed by atoms with Gasteiger partial charge in [0.15, 0.2) is 5.82 Å². The summed E-state index contributed by atoms with van der Waals surface area (Å²) in [6.07, 6.45) is 3.36. The van der Waals surface area contributed by atoms with Crippen LogP contribution in [0.5, 0.6) is 0 Å². The molecule has 1 aliphatic carbocycles. The number of aliphatic hydroxyl groups is 1. The van der Waals surface area contributed by atoms with Gasteiger partial charge in [-0.05, 0) is 37.0 Å². The summed E-state index contributed by atoms with van der Waals surface area (Å²) in [6.45, 7) is 6.56. The number of rotatable bonds is 7. The van der Waals surface area contributed by atoms with E-state index in [-0.39, 0.29) is 5.25 Å². The van der Waals surface area contributed by atoms with E-state index in [2.05, 4.69) is 28.5 Å². The fourth-order valence-corrected chi connectivity index (χ4v) is 4.09. The minimum Gasteiger partial charge on any atom is -0.387 e. The van der Waals surface area contributed by atoms with E-state index in [4.69, 9.17) is 0 Å². The highest BCUT2D eigenvalue weighted by molar-refractivity contribution is 8.00. The zero-order chi connectivity index (χ0) is 16.2. The van der Waals surface area contributed by atoms with Crippen LogP contribution < -0.4 is 5.32 Å². The molecule has 22 heavy (non-hydrogen) atoms. The molecule has 1 aromatic heterocycles. The molecule has 1 heterocycles. The molecule has 6 heteroatoms. The van der Waals surface area contributed by atoms with Crippen LogP contribution >= 0.6 is 11.8 Å². The van der Waals surface area contributed by atoms with Gasteiger partial charge in [0, 0.05) is 11.8 Å². The highest BCUT2D eigenvalue weighted by atomic mass is 32.2. The second kappa shape index (κ2) is 7.30. The van der Waals surface area contributed by atoms with Gasteiger partial charge in [-0.1, -0.05) is 20.8 Å². The van der Waals surface area contributed by atoms with Crippen molar-refractivity contribution >= 4 is 17.6 Å². The van der Waals surface area contributed by atoms with Crippen LogP contribution in [-0.4, -0.2) is 38.5 Å². The number of aryl methyl sites for hydroxylation is 1. The van der Waals surface area contributed by atoms with E-state index in [0.717, 1.165) is 42.7 Å². The molecule has 0 amide bonds. The van der Waals surface area contributed by atoms with Gasteiger partial charge >= 0.3 is 0 Å². The normalized spacial score (nSPS) is 23.7. The fourth-order valence-electron chi connectivity index (χ4n) is 2.89. The number of nitrogens with one attached hydrogen (secondary N) is 1. The average Bonchev–Trinajstić information content (AvgIpc) is 2.55. The molecule has 5 nitrogen and oxygen atoms in total. The van der Waals surface area contributed by atoms with E-state index in [9.17, 15) is 10.4 Å². The van der Waals surface area contributed by atoms with Gasteiger partial charge in [-0.25, -0.2) is 0 Å². The molecule has 1 aromatic rings. The summed E-state index contributed by atoms with van der Waals surface area (Å²) < 4.78 is 0. The molecule has 2 rings (SSSR count). The maximum atomic E-state index is 10.6. The lowest BCUT2D eigenvalue weighted by atomic mass is 9.79. The zero-order valence-electron chi connectivity index (χ0n) is 13.5. The molecule has 0 aromatic carbocycles. The number of aromatic nitrogens is 2. The first-order valence-electron chi connectivity index (χ1n) is 7.95. The second-order valence-electron chi connectivity index (χ2n) is 5.61. The first kappa shape index (κ1) is 17.0. The van der Waals surface area contributed by atoms with E-state index in [1.54, 1.807) is 11.8 Å². The first-order valence-corrected chi connectivity index (χ1v) is 9.00. The van der Waals surface area contributed by atoms with Crippen molar-refractivity contribution in [1.82, 2.24) is 10.2 Å². The maximum Gasteiger partial charge on any atom is 0.167 e. The summed E-state index contributed by atoms with van der Waals surface area (Å²) in [5, 5.41) is 31.9.